The molecule has 0 amide bonds. The van der Waals surface area contributed by atoms with Gasteiger partial charge in [0.1, 0.15) is 5.82 Å². The van der Waals surface area contributed by atoms with E-state index in [2.05, 4.69) is 19.9 Å². The lowest BCUT2D eigenvalue weighted by Gasteiger charge is -2.32. The molecular formula is C16H19F3N6. The molecule has 134 valence electrons. The van der Waals surface area contributed by atoms with Crippen LogP contribution >= 0.6 is 0 Å². The molecule has 2 aromatic rings. The second-order valence-corrected chi connectivity index (χ2v) is 6.17. The highest BCUT2D eigenvalue weighted by Gasteiger charge is 2.31. The lowest BCUT2D eigenvalue weighted by Crippen LogP contribution is -2.34. The summed E-state index contributed by atoms with van der Waals surface area (Å²) in [5.74, 6) is 0.630. The van der Waals surface area contributed by atoms with Crippen molar-refractivity contribution in [3.8, 4) is 0 Å². The van der Waals surface area contributed by atoms with Gasteiger partial charge in [0.15, 0.2) is 0 Å². The van der Waals surface area contributed by atoms with E-state index in [-0.39, 0.29) is 17.8 Å². The van der Waals surface area contributed by atoms with Crippen molar-refractivity contribution >= 4 is 11.9 Å². The maximum Gasteiger partial charge on any atom is 0.416 e. The Kier molecular flexibility index (Phi) is 4.76. The molecule has 3 rings (SSSR count). The minimum absolute atomic E-state index is 0.0348. The normalized spacial score (nSPS) is 19.1. The minimum Gasteiger partial charge on any atom is -0.368 e. The number of hydrogen-bond acceptors (Lipinski definition) is 6. The van der Waals surface area contributed by atoms with Gasteiger partial charge in [0.05, 0.1) is 12.1 Å². The van der Waals surface area contributed by atoms with Crippen LogP contribution in [0.4, 0.5) is 25.1 Å². The summed E-state index contributed by atoms with van der Waals surface area (Å²) in [7, 11) is 0. The predicted octanol–water partition coefficient (Wildman–Crippen LogP) is 2.43. The molecule has 25 heavy (non-hydrogen) atoms. The number of halogens is 3. The first-order chi connectivity index (χ1) is 11.8. The monoisotopic (exact) mass is 352 g/mol. The molecule has 4 N–H and O–H groups in total. The zero-order valence-electron chi connectivity index (χ0n) is 13.5. The molecule has 1 atom stereocenters. The summed E-state index contributed by atoms with van der Waals surface area (Å²) in [6.45, 7) is 1.89. The zero-order valence-corrected chi connectivity index (χ0v) is 13.5. The largest absolute Gasteiger partial charge is 0.416 e. The van der Waals surface area contributed by atoms with Crippen LogP contribution in [0, 0.1) is 0 Å². The molecule has 9 heteroatoms. The maximum absolute atomic E-state index is 12.9. The van der Waals surface area contributed by atoms with Crippen LogP contribution in [0.3, 0.4) is 0 Å². The van der Waals surface area contributed by atoms with Gasteiger partial charge in [0.25, 0.3) is 0 Å². The van der Waals surface area contributed by atoms with Crippen molar-refractivity contribution in [2.45, 2.75) is 31.5 Å². The molecule has 1 aliphatic heterocycles. The van der Waals surface area contributed by atoms with Gasteiger partial charge in [-0.1, -0.05) is 18.2 Å². The van der Waals surface area contributed by atoms with E-state index >= 15 is 0 Å². The van der Waals surface area contributed by atoms with Crippen LogP contribution in [0.2, 0.25) is 0 Å². The Balaban J connectivity index is 1.73. The Hall–Kier alpha value is -2.42. The number of alkyl halides is 3. The van der Waals surface area contributed by atoms with Crippen molar-refractivity contribution < 1.29 is 13.2 Å². The van der Waals surface area contributed by atoms with Gasteiger partial charge < -0.3 is 11.5 Å². The van der Waals surface area contributed by atoms with Crippen molar-refractivity contribution in [3.63, 3.8) is 0 Å². The molecule has 1 aromatic carbocycles. The molecule has 0 saturated carbocycles. The summed E-state index contributed by atoms with van der Waals surface area (Å²) in [4.78, 5) is 13.9. The first kappa shape index (κ1) is 17.4. The molecule has 0 bridgehead atoms. The van der Waals surface area contributed by atoms with Gasteiger partial charge in [-0.25, -0.2) is 0 Å². The van der Waals surface area contributed by atoms with Crippen molar-refractivity contribution in [3.05, 3.63) is 41.2 Å². The first-order valence-corrected chi connectivity index (χ1v) is 7.96. The van der Waals surface area contributed by atoms with Gasteiger partial charge >= 0.3 is 6.18 Å². The number of nitrogens with zero attached hydrogens (tertiary/aromatic N) is 4. The Morgan fingerprint density at radius 3 is 2.52 bits per heavy atom. The number of anilines is 2. The van der Waals surface area contributed by atoms with Crippen LogP contribution in [0.1, 0.15) is 35.7 Å². The molecule has 1 unspecified atom stereocenters. The molecular weight excluding hydrogens is 333 g/mol. The van der Waals surface area contributed by atoms with Crippen LogP contribution < -0.4 is 11.5 Å². The second-order valence-electron chi connectivity index (χ2n) is 6.17. The van der Waals surface area contributed by atoms with Gasteiger partial charge in [0.2, 0.25) is 11.9 Å². The third-order valence-corrected chi connectivity index (χ3v) is 4.27. The lowest BCUT2D eigenvalue weighted by atomic mass is 9.89. The van der Waals surface area contributed by atoms with Crippen LogP contribution in [0.5, 0.6) is 0 Å². The highest BCUT2D eigenvalue weighted by atomic mass is 19.4. The number of rotatable bonds is 3. The van der Waals surface area contributed by atoms with Crippen molar-refractivity contribution in [2.24, 2.45) is 0 Å². The number of hydrogen-bond donors (Lipinski definition) is 2. The number of benzene rings is 1. The van der Waals surface area contributed by atoms with Crippen LogP contribution in [0.15, 0.2) is 24.3 Å². The van der Waals surface area contributed by atoms with E-state index < -0.39 is 11.7 Å². The van der Waals surface area contributed by atoms with E-state index in [1.165, 1.54) is 12.1 Å². The topological polar surface area (TPSA) is 93.9 Å². The molecule has 0 spiro atoms. The maximum atomic E-state index is 12.9. The summed E-state index contributed by atoms with van der Waals surface area (Å²) < 4.78 is 38.8. The Labute approximate surface area is 143 Å². The molecule has 2 heterocycles. The van der Waals surface area contributed by atoms with Crippen molar-refractivity contribution in [2.75, 3.05) is 24.6 Å². The van der Waals surface area contributed by atoms with E-state index in [0.29, 0.717) is 24.5 Å². The van der Waals surface area contributed by atoms with E-state index in [1.807, 2.05) is 0 Å². The number of nitrogen functional groups attached to an aromatic ring is 2. The molecule has 1 aliphatic rings. The van der Waals surface area contributed by atoms with E-state index in [1.54, 1.807) is 6.07 Å². The molecule has 1 fully saturated rings. The molecule has 1 aromatic heterocycles. The highest BCUT2D eigenvalue weighted by molar-refractivity contribution is 5.29. The van der Waals surface area contributed by atoms with E-state index in [9.17, 15) is 13.2 Å². The average molecular weight is 352 g/mol. The summed E-state index contributed by atoms with van der Waals surface area (Å²) >= 11 is 0. The van der Waals surface area contributed by atoms with Crippen molar-refractivity contribution in [1.82, 2.24) is 19.9 Å². The van der Waals surface area contributed by atoms with Gasteiger partial charge in [-0.15, -0.1) is 0 Å². The van der Waals surface area contributed by atoms with Gasteiger partial charge in [0, 0.05) is 6.54 Å². The number of aromatic nitrogens is 3. The fraction of sp³-hybridized carbons (Fsp3) is 0.438. The van der Waals surface area contributed by atoms with Crippen molar-refractivity contribution in [1.29, 1.82) is 0 Å². The van der Waals surface area contributed by atoms with Crippen LogP contribution in [-0.2, 0) is 12.7 Å². The standard InChI is InChI=1S/C16H19F3N6/c17-16(18,19)12-5-1-3-10(7-12)11-4-2-6-25(8-11)9-13-22-14(20)24-15(21)23-13/h1,3,5,7,11H,2,4,6,8-9H2,(H4,20,21,22,23,24). The highest BCUT2D eigenvalue weighted by Crippen LogP contribution is 2.33. The van der Waals surface area contributed by atoms with Gasteiger partial charge in [-0.05, 0) is 36.9 Å². The second kappa shape index (κ2) is 6.83. The van der Waals surface area contributed by atoms with Gasteiger partial charge in [-0.2, -0.15) is 28.1 Å². The summed E-state index contributed by atoms with van der Waals surface area (Å²) in [5, 5.41) is 0. The lowest BCUT2D eigenvalue weighted by molar-refractivity contribution is -0.137. The fourth-order valence-electron chi connectivity index (χ4n) is 3.17. The number of piperidine rings is 1. The SMILES string of the molecule is Nc1nc(N)nc(CN2CCCC(c3cccc(C(F)(F)F)c3)C2)n1. The smallest absolute Gasteiger partial charge is 0.368 e. The molecule has 0 aliphatic carbocycles. The molecule has 6 nitrogen and oxygen atoms in total. The predicted molar refractivity (Wildman–Crippen MR) is 87.3 cm³/mol. The van der Waals surface area contributed by atoms with Crippen LogP contribution in [-0.4, -0.2) is 32.9 Å². The van der Waals surface area contributed by atoms with E-state index in [4.69, 9.17) is 11.5 Å². The number of nitrogens with two attached hydrogens (primary N) is 2. The third-order valence-electron chi connectivity index (χ3n) is 4.27. The average Bonchev–Trinajstić information content (AvgIpc) is 2.53. The minimum atomic E-state index is -4.33. The third kappa shape index (κ3) is 4.36. The molecule has 0 radical (unpaired) electrons. The Morgan fingerprint density at radius 2 is 1.84 bits per heavy atom. The Morgan fingerprint density at radius 1 is 1.12 bits per heavy atom. The quantitative estimate of drug-likeness (QED) is 0.881. The first-order valence-electron chi connectivity index (χ1n) is 7.96. The van der Waals surface area contributed by atoms with Crippen LogP contribution in [0.25, 0.3) is 0 Å². The zero-order chi connectivity index (χ0) is 18.0. The summed E-state index contributed by atoms with van der Waals surface area (Å²) in [5.41, 5.74) is 11.2. The summed E-state index contributed by atoms with van der Waals surface area (Å²) in [6, 6.07) is 5.56. The van der Waals surface area contributed by atoms with E-state index in [0.717, 1.165) is 25.5 Å². The Bertz CT molecular complexity index is 729. The number of likely N-dealkylation sites (tertiary alicyclic amines) is 1. The summed E-state index contributed by atoms with van der Waals surface area (Å²) in [6.07, 6.45) is -2.60. The molecule has 1 saturated heterocycles. The fourth-order valence-corrected chi connectivity index (χ4v) is 3.17. The van der Waals surface area contributed by atoms with Gasteiger partial charge in [-0.3, -0.25) is 4.90 Å².